The molecule has 7 heteroatoms. The van der Waals surface area contributed by atoms with Crippen LogP contribution >= 0.6 is 0 Å². The van der Waals surface area contributed by atoms with E-state index in [1.165, 1.54) is 0 Å². The third-order valence-corrected chi connectivity index (χ3v) is 5.75. The maximum atomic E-state index is 12.6. The number of para-hydroxylation sites is 1. The van der Waals surface area contributed by atoms with Gasteiger partial charge in [0.05, 0.1) is 12.1 Å². The van der Waals surface area contributed by atoms with Gasteiger partial charge in [0.25, 0.3) is 0 Å². The van der Waals surface area contributed by atoms with E-state index in [0.717, 1.165) is 49.6 Å². The molecule has 0 atom stereocenters. The summed E-state index contributed by atoms with van der Waals surface area (Å²) in [5.74, 6) is 0.530. The molecule has 0 aliphatic carbocycles. The zero-order valence-corrected chi connectivity index (χ0v) is 19.0. The highest BCUT2D eigenvalue weighted by Gasteiger charge is 2.18. The summed E-state index contributed by atoms with van der Waals surface area (Å²) in [5.41, 5.74) is 2.04. The number of carbonyl (C=O) groups is 2. The van der Waals surface area contributed by atoms with Crippen LogP contribution in [0.1, 0.15) is 22.3 Å². The molecule has 1 fully saturated rings. The largest absolute Gasteiger partial charge is 0.478 e. The van der Waals surface area contributed by atoms with E-state index >= 15 is 0 Å². The lowest BCUT2D eigenvalue weighted by atomic mass is 10.1. The summed E-state index contributed by atoms with van der Waals surface area (Å²) in [6.45, 7) is 4.43. The Morgan fingerprint density at radius 3 is 2.29 bits per heavy atom. The van der Waals surface area contributed by atoms with Crippen LogP contribution in [0.25, 0.3) is 0 Å². The van der Waals surface area contributed by atoms with Gasteiger partial charge in [-0.3, -0.25) is 14.6 Å². The van der Waals surface area contributed by atoms with Gasteiger partial charge in [0, 0.05) is 25.3 Å². The van der Waals surface area contributed by atoms with Crippen molar-refractivity contribution in [2.24, 2.45) is 0 Å². The fourth-order valence-electron chi connectivity index (χ4n) is 4.04. The van der Waals surface area contributed by atoms with Crippen LogP contribution in [0.5, 0.6) is 11.5 Å². The summed E-state index contributed by atoms with van der Waals surface area (Å²) in [6.07, 6.45) is 0.956. The molecule has 0 unspecified atom stereocenters. The predicted molar refractivity (Wildman–Crippen MR) is 131 cm³/mol. The number of nitrogens with one attached hydrogen (secondary N) is 1. The van der Waals surface area contributed by atoms with Gasteiger partial charge in [-0.25, -0.2) is 4.79 Å². The van der Waals surface area contributed by atoms with Gasteiger partial charge in [-0.15, -0.1) is 0 Å². The molecule has 1 aliphatic rings. The van der Waals surface area contributed by atoms with Crippen molar-refractivity contribution in [1.29, 1.82) is 0 Å². The fraction of sp³-hybridized carbons (Fsp3) is 0.259. The van der Waals surface area contributed by atoms with E-state index < -0.39 is 5.97 Å². The average molecular weight is 460 g/mol. The second kappa shape index (κ2) is 11.4. The van der Waals surface area contributed by atoms with E-state index in [2.05, 4.69) is 15.1 Å². The number of carboxylic acid groups (broad SMARTS) is 1. The second-order valence-electron chi connectivity index (χ2n) is 8.40. The minimum absolute atomic E-state index is 0.0423. The van der Waals surface area contributed by atoms with Gasteiger partial charge < -0.3 is 15.2 Å². The van der Waals surface area contributed by atoms with E-state index in [-0.39, 0.29) is 5.91 Å². The predicted octanol–water partition coefficient (Wildman–Crippen LogP) is 4.32. The van der Waals surface area contributed by atoms with Crippen LogP contribution in [-0.4, -0.2) is 59.5 Å². The summed E-state index contributed by atoms with van der Waals surface area (Å²) in [4.78, 5) is 28.3. The SMILES string of the molecule is O=C(CN1CCCN(Cc2cccc(C(=O)O)c2)CC1)Nc1ccc(Oc2ccccc2)cc1. The molecule has 176 valence electrons. The number of rotatable bonds is 8. The number of hydrogen-bond donors (Lipinski definition) is 2. The maximum absolute atomic E-state index is 12.6. The number of carbonyl (C=O) groups excluding carboxylic acids is 1. The van der Waals surface area contributed by atoms with Crippen molar-refractivity contribution in [2.75, 3.05) is 38.0 Å². The Hall–Kier alpha value is -3.68. The maximum Gasteiger partial charge on any atom is 0.335 e. The van der Waals surface area contributed by atoms with E-state index in [4.69, 9.17) is 4.74 Å². The highest BCUT2D eigenvalue weighted by molar-refractivity contribution is 5.92. The normalized spacial score (nSPS) is 14.8. The lowest BCUT2D eigenvalue weighted by Gasteiger charge is -2.21. The Bertz CT molecular complexity index is 1100. The van der Waals surface area contributed by atoms with E-state index in [9.17, 15) is 14.7 Å². The Balaban J connectivity index is 1.24. The Kier molecular flexibility index (Phi) is 7.91. The molecule has 34 heavy (non-hydrogen) atoms. The molecule has 7 nitrogen and oxygen atoms in total. The first-order valence-electron chi connectivity index (χ1n) is 11.4. The quantitative estimate of drug-likeness (QED) is 0.522. The molecule has 0 radical (unpaired) electrons. The molecular formula is C27H29N3O4. The minimum atomic E-state index is -0.909. The number of benzene rings is 3. The van der Waals surface area contributed by atoms with Crippen molar-refractivity contribution >= 4 is 17.6 Å². The monoisotopic (exact) mass is 459 g/mol. The molecule has 3 aromatic carbocycles. The van der Waals surface area contributed by atoms with E-state index in [1.807, 2.05) is 60.7 Å². The van der Waals surface area contributed by atoms with Gasteiger partial charge in [-0.05, 0) is 73.6 Å². The highest BCUT2D eigenvalue weighted by Crippen LogP contribution is 2.22. The van der Waals surface area contributed by atoms with Crippen molar-refractivity contribution in [1.82, 2.24) is 9.80 Å². The number of amides is 1. The summed E-state index contributed by atoms with van der Waals surface area (Å²) >= 11 is 0. The van der Waals surface area contributed by atoms with Gasteiger partial charge in [0.15, 0.2) is 0 Å². The van der Waals surface area contributed by atoms with Crippen LogP contribution in [0.4, 0.5) is 5.69 Å². The first kappa shape index (κ1) is 23.5. The molecule has 0 saturated carbocycles. The van der Waals surface area contributed by atoms with Gasteiger partial charge in [0.1, 0.15) is 11.5 Å². The first-order valence-corrected chi connectivity index (χ1v) is 11.4. The summed E-state index contributed by atoms with van der Waals surface area (Å²) < 4.78 is 5.79. The molecule has 1 heterocycles. The standard InChI is InChI=1S/C27H29N3O4/c31-26(28-23-10-12-25(13-11-23)34-24-8-2-1-3-9-24)20-30-15-5-14-29(16-17-30)19-21-6-4-7-22(18-21)27(32)33/h1-4,6-13,18H,5,14-17,19-20H2,(H,28,31)(H,32,33). The summed E-state index contributed by atoms with van der Waals surface area (Å²) in [6, 6.07) is 24.0. The lowest BCUT2D eigenvalue weighted by Crippen LogP contribution is -2.36. The second-order valence-corrected chi connectivity index (χ2v) is 8.40. The lowest BCUT2D eigenvalue weighted by molar-refractivity contribution is -0.117. The molecule has 1 saturated heterocycles. The highest BCUT2D eigenvalue weighted by atomic mass is 16.5. The average Bonchev–Trinajstić information content (AvgIpc) is 3.06. The minimum Gasteiger partial charge on any atom is -0.478 e. The molecule has 2 N–H and O–H groups in total. The Morgan fingerprint density at radius 2 is 1.53 bits per heavy atom. The van der Waals surface area contributed by atoms with E-state index in [0.29, 0.717) is 24.4 Å². The molecule has 1 amide bonds. The van der Waals surface area contributed by atoms with Crippen molar-refractivity contribution in [3.05, 3.63) is 90.0 Å². The third kappa shape index (κ3) is 6.91. The fourth-order valence-corrected chi connectivity index (χ4v) is 4.04. The summed E-state index contributed by atoms with van der Waals surface area (Å²) in [7, 11) is 0. The Labute approximate surface area is 199 Å². The molecule has 3 aromatic rings. The Morgan fingerprint density at radius 1 is 0.824 bits per heavy atom. The molecular weight excluding hydrogens is 430 g/mol. The molecule has 4 rings (SSSR count). The van der Waals surface area contributed by atoms with Crippen LogP contribution in [0.15, 0.2) is 78.9 Å². The van der Waals surface area contributed by atoms with Crippen molar-refractivity contribution in [3.8, 4) is 11.5 Å². The number of ether oxygens (including phenoxy) is 1. The smallest absolute Gasteiger partial charge is 0.335 e. The number of carboxylic acids is 1. The van der Waals surface area contributed by atoms with Gasteiger partial charge >= 0.3 is 5.97 Å². The molecule has 1 aliphatic heterocycles. The zero-order valence-electron chi connectivity index (χ0n) is 19.0. The van der Waals surface area contributed by atoms with Gasteiger partial charge in [-0.1, -0.05) is 30.3 Å². The van der Waals surface area contributed by atoms with Crippen LogP contribution in [0.2, 0.25) is 0 Å². The van der Waals surface area contributed by atoms with Crippen LogP contribution < -0.4 is 10.1 Å². The number of hydrogen-bond acceptors (Lipinski definition) is 5. The third-order valence-electron chi connectivity index (χ3n) is 5.75. The molecule has 0 bridgehead atoms. The van der Waals surface area contributed by atoms with Crippen LogP contribution in [0.3, 0.4) is 0 Å². The number of anilines is 1. The van der Waals surface area contributed by atoms with Crippen molar-refractivity contribution in [3.63, 3.8) is 0 Å². The van der Waals surface area contributed by atoms with Crippen molar-refractivity contribution < 1.29 is 19.4 Å². The van der Waals surface area contributed by atoms with Crippen molar-refractivity contribution in [2.45, 2.75) is 13.0 Å². The number of nitrogens with zero attached hydrogens (tertiary/aromatic N) is 2. The molecule has 0 aromatic heterocycles. The topological polar surface area (TPSA) is 82.1 Å². The van der Waals surface area contributed by atoms with Gasteiger partial charge in [0.2, 0.25) is 5.91 Å². The van der Waals surface area contributed by atoms with Crippen LogP contribution in [-0.2, 0) is 11.3 Å². The zero-order chi connectivity index (χ0) is 23.8. The van der Waals surface area contributed by atoms with Gasteiger partial charge in [-0.2, -0.15) is 0 Å². The first-order chi connectivity index (χ1) is 16.5. The van der Waals surface area contributed by atoms with Crippen LogP contribution in [0, 0.1) is 0 Å². The van der Waals surface area contributed by atoms with E-state index in [1.54, 1.807) is 18.2 Å². The molecule has 0 spiro atoms. The number of aromatic carboxylic acids is 1. The summed E-state index contributed by atoms with van der Waals surface area (Å²) in [5, 5.41) is 12.2.